The van der Waals surface area contributed by atoms with Crippen LogP contribution in [0, 0.1) is 16.0 Å². The number of para-hydroxylation sites is 1. The van der Waals surface area contributed by atoms with Crippen molar-refractivity contribution < 1.29 is 9.72 Å². The number of benzene rings is 1. The van der Waals surface area contributed by atoms with Crippen molar-refractivity contribution in [2.75, 3.05) is 0 Å². The Hall–Kier alpha value is -2.74. The van der Waals surface area contributed by atoms with Crippen LogP contribution in [0.1, 0.15) is 12.5 Å². The zero-order valence-electron chi connectivity index (χ0n) is 13.5. The van der Waals surface area contributed by atoms with Crippen molar-refractivity contribution in [1.82, 2.24) is 5.32 Å². The van der Waals surface area contributed by atoms with Crippen LogP contribution in [-0.2, 0) is 11.2 Å². The van der Waals surface area contributed by atoms with Gasteiger partial charge in [0.05, 0.1) is 15.9 Å². The fraction of sp³-hybridized carbons (Fsp3) is 0.235. The van der Waals surface area contributed by atoms with Crippen molar-refractivity contribution in [3.05, 3.63) is 64.2 Å². The molecular weight excluding hydrogens is 340 g/mol. The highest BCUT2D eigenvalue weighted by Gasteiger charge is 2.32. The maximum Gasteiger partial charge on any atom is 0.272 e. The molecule has 0 saturated carbocycles. The van der Waals surface area contributed by atoms with Crippen LogP contribution in [0.3, 0.4) is 0 Å². The van der Waals surface area contributed by atoms with Gasteiger partial charge in [-0.15, -0.1) is 5.10 Å². The molecule has 3 rings (SSSR count). The summed E-state index contributed by atoms with van der Waals surface area (Å²) in [6.07, 6.45) is 7.99. The number of amidine groups is 1. The second-order valence-corrected chi connectivity index (χ2v) is 6.84. The number of nitrogens with zero attached hydrogens (tertiary/aromatic N) is 3. The SMILES string of the molecule is C[C@H]1C=CC=C/C1=N\N=C1NC(=O)[C@H](Cc2ccccc2[N+](=O)[O-])S1. The predicted octanol–water partition coefficient (Wildman–Crippen LogP) is 2.84. The summed E-state index contributed by atoms with van der Waals surface area (Å²) in [5, 5.41) is 22.0. The first-order valence-corrected chi connectivity index (χ1v) is 8.63. The van der Waals surface area contributed by atoms with Gasteiger partial charge in [0.1, 0.15) is 0 Å². The molecule has 0 radical (unpaired) electrons. The van der Waals surface area contributed by atoms with Crippen LogP contribution in [-0.4, -0.2) is 27.0 Å². The zero-order valence-corrected chi connectivity index (χ0v) is 14.3. The lowest BCUT2D eigenvalue weighted by Gasteiger charge is -2.07. The second-order valence-electron chi connectivity index (χ2n) is 5.65. The quantitative estimate of drug-likeness (QED) is 0.662. The average Bonchev–Trinajstić information content (AvgIpc) is 2.94. The molecule has 2 aliphatic rings. The predicted molar refractivity (Wildman–Crippen MR) is 98.6 cm³/mol. The molecule has 0 unspecified atom stereocenters. The third-order valence-corrected chi connectivity index (χ3v) is 4.94. The molecule has 1 aromatic carbocycles. The number of nitro groups is 1. The van der Waals surface area contributed by atoms with Crippen molar-refractivity contribution >= 4 is 34.2 Å². The van der Waals surface area contributed by atoms with Crippen LogP contribution in [0.15, 0.2) is 58.8 Å². The van der Waals surface area contributed by atoms with Gasteiger partial charge in [-0.05, 0) is 6.08 Å². The van der Waals surface area contributed by atoms with E-state index in [1.807, 2.05) is 31.2 Å². The number of amides is 1. The normalized spacial score (nSPS) is 25.6. The number of nitrogens with one attached hydrogen (secondary N) is 1. The van der Waals surface area contributed by atoms with Crippen molar-refractivity contribution in [1.29, 1.82) is 0 Å². The van der Waals surface area contributed by atoms with Crippen molar-refractivity contribution in [2.24, 2.45) is 16.1 Å². The molecule has 0 aromatic heterocycles. The number of hydrogen-bond donors (Lipinski definition) is 1. The molecule has 0 bridgehead atoms. The van der Waals surface area contributed by atoms with E-state index in [4.69, 9.17) is 0 Å². The first-order chi connectivity index (χ1) is 12.0. The van der Waals surface area contributed by atoms with Gasteiger partial charge in [-0.25, -0.2) is 0 Å². The maximum atomic E-state index is 12.1. The van der Waals surface area contributed by atoms with Crippen LogP contribution in [0.25, 0.3) is 0 Å². The van der Waals surface area contributed by atoms with Crippen LogP contribution in [0.4, 0.5) is 5.69 Å². The lowest BCUT2D eigenvalue weighted by Crippen LogP contribution is -2.26. The Morgan fingerprint density at radius 2 is 2.08 bits per heavy atom. The average molecular weight is 356 g/mol. The van der Waals surface area contributed by atoms with Crippen molar-refractivity contribution in [3.63, 3.8) is 0 Å². The Labute approximate surface area is 148 Å². The molecule has 1 aliphatic heterocycles. The number of allylic oxidation sites excluding steroid dienone is 4. The third-order valence-electron chi connectivity index (χ3n) is 3.87. The number of carbonyl (C=O) groups is 1. The van der Waals surface area contributed by atoms with E-state index in [-0.39, 0.29) is 23.9 Å². The smallest absolute Gasteiger partial charge is 0.272 e. The molecule has 2 atom stereocenters. The molecule has 1 saturated heterocycles. The summed E-state index contributed by atoms with van der Waals surface area (Å²) in [6, 6.07) is 6.45. The van der Waals surface area contributed by atoms with Gasteiger partial charge in [0.25, 0.3) is 5.69 Å². The highest BCUT2D eigenvalue weighted by molar-refractivity contribution is 8.15. The molecule has 7 nitrogen and oxygen atoms in total. The molecule has 1 aliphatic carbocycles. The van der Waals surface area contributed by atoms with Crippen molar-refractivity contribution in [2.45, 2.75) is 18.6 Å². The van der Waals surface area contributed by atoms with Gasteiger partial charge in [-0.3, -0.25) is 14.9 Å². The molecule has 0 spiro atoms. The van der Waals surface area contributed by atoms with E-state index in [0.717, 1.165) is 5.71 Å². The third kappa shape index (κ3) is 4.03. The highest BCUT2D eigenvalue weighted by atomic mass is 32.2. The lowest BCUT2D eigenvalue weighted by atomic mass is 10.0. The molecule has 1 fully saturated rings. The van der Waals surface area contributed by atoms with E-state index in [0.29, 0.717) is 10.7 Å². The maximum absolute atomic E-state index is 12.1. The number of rotatable bonds is 4. The molecule has 1 aromatic rings. The highest BCUT2D eigenvalue weighted by Crippen LogP contribution is 2.27. The van der Waals surface area contributed by atoms with Gasteiger partial charge in [0, 0.05) is 24.0 Å². The molecule has 8 heteroatoms. The van der Waals surface area contributed by atoms with Crippen LogP contribution in [0.5, 0.6) is 0 Å². The molecule has 1 amide bonds. The van der Waals surface area contributed by atoms with E-state index in [1.165, 1.54) is 17.8 Å². The number of hydrogen-bond acceptors (Lipinski definition) is 6. The Bertz CT molecular complexity index is 829. The van der Waals surface area contributed by atoms with Gasteiger partial charge in [-0.1, -0.05) is 55.1 Å². The first kappa shape index (κ1) is 17.1. The summed E-state index contributed by atoms with van der Waals surface area (Å²) in [5.41, 5.74) is 1.36. The minimum atomic E-state index is -0.459. The van der Waals surface area contributed by atoms with E-state index < -0.39 is 10.2 Å². The van der Waals surface area contributed by atoms with Gasteiger partial charge in [0.15, 0.2) is 5.17 Å². The number of nitro benzene ring substituents is 1. The first-order valence-electron chi connectivity index (χ1n) is 7.75. The van der Waals surface area contributed by atoms with E-state index in [2.05, 4.69) is 15.5 Å². The summed E-state index contributed by atoms with van der Waals surface area (Å²) in [7, 11) is 0. The Balaban J connectivity index is 1.72. The summed E-state index contributed by atoms with van der Waals surface area (Å²) in [6.45, 7) is 2.01. The van der Waals surface area contributed by atoms with E-state index in [1.54, 1.807) is 18.2 Å². The molecule has 128 valence electrons. The fourth-order valence-electron chi connectivity index (χ4n) is 2.51. The summed E-state index contributed by atoms with van der Waals surface area (Å²) < 4.78 is 0. The van der Waals surface area contributed by atoms with Gasteiger partial charge < -0.3 is 5.32 Å². The van der Waals surface area contributed by atoms with Gasteiger partial charge in [-0.2, -0.15) is 5.10 Å². The van der Waals surface area contributed by atoms with Crippen LogP contribution in [0.2, 0.25) is 0 Å². The molecule has 1 N–H and O–H groups in total. The zero-order chi connectivity index (χ0) is 17.8. The van der Waals surface area contributed by atoms with Gasteiger partial charge in [0.2, 0.25) is 5.91 Å². The monoisotopic (exact) mass is 356 g/mol. The Kier molecular flexibility index (Phi) is 5.08. The van der Waals surface area contributed by atoms with Crippen LogP contribution < -0.4 is 5.32 Å². The minimum absolute atomic E-state index is 0.0227. The lowest BCUT2D eigenvalue weighted by molar-refractivity contribution is -0.385. The molecular formula is C17H16N4O3S. The largest absolute Gasteiger partial charge is 0.303 e. The summed E-state index contributed by atoms with van der Waals surface area (Å²) in [4.78, 5) is 22.8. The summed E-state index contributed by atoms with van der Waals surface area (Å²) >= 11 is 1.24. The summed E-state index contributed by atoms with van der Waals surface area (Å²) in [5.74, 6) is -0.0477. The standard InChI is InChI=1S/C17H16N4O3S/c1-11-6-2-4-8-13(11)19-20-17-18-16(22)15(25-17)10-12-7-3-5-9-14(12)21(23)24/h2-9,11,15H,10H2,1H3,(H,18,20,22)/b19-13+/t11-,15-/m0/s1. The second kappa shape index (κ2) is 7.43. The molecule has 1 heterocycles. The molecule has 25 heavy (non-hydrogen) atoms. The number of carbonyl (C=O) groups excluding carboxylic acids is 1. The topological polar surface area (TPSA) is 97.0 Å². The Morgan fingerprint density at radius 1 is 1.28 bits per heavy atom. The van der Waals surface area contributed by atoms with E-state index >= 15 is 0 Å². The van der Waals surface area contributed by atoms with Crippen LogP contribution >= 0.6 is 11.8 Å². The minimum Gasteiger partial charge on any atom is -0.303 e. The van der Waals surface area contributed by atoms with Crippen molar-refractivity contribution in [3.8, 4) is 0 Å². The number of thioether (sulfide) groups is 1. The van der Waals surface area contributed by atoms with E-state index in [9.17, 15) is 14.9 Å². The Morgan fingerprint density at radius 3 is 2.84 bits per heavy atom. The van der Waals surface area contributed by atoms with Gasteiger partial charge >= 0.3 is 0 Å². The fourth-order valence-corrected chi connectivity index (χ4v) is 3.46.